The van der Waals surface area contributed by atoms with Gasteiger partial charge in [-0.25, -0.2) is 0 Å². The van der Waals surface area contributed by atoms with Crippen LogP contribution in [0.4, 0.5) is 26.3 Å². The lowest BCUT2D eigenvalue weighted by Crippen LogP contribution is -2.54. The lowest BCUT2D eigenvalue weighted by molar-refractivity contribution is -0.288. The summed E-state index contributed by atoms with van der Waals surface area (Å²) < 4.78 is 134. The highest BCUT2D eigenvalue weighted by Gasteiger charge is 2.72. The molecule has 0 radical (unpaired) electrons. The molecule has 0 aliphatic rings. The summed E-state index contributed by atoms with van der Waals surface area (Å²) in [6.07, 6.45) is -11.7. The first-order valence-electron chi connectivity index (χ1n) is 23.6. The van der Waals surface area contributed by atoms with Crippen LogP contribution in [0.3, 0.4) is 0 Å². The zero-order valence-electron chi connectivity index (χ0n) is 40.7. The fourth-order valence-corrected chi connectivity index (χ4v) is 9.32. The number of halogens is 6. The summed E-state index contributed by atoms with van der Waals surface area (Å²) in [7, 11) is -4.34. The van der Waals surface area contributed by atoms with Crippen molar-refractivity contribution in [2.45, 2.75) is 36.5 Å². The molecule has 0 bridgehead atoms. The Hall–Kier alpha value is -8.92. The summed E-state index contributed by atoms with van der Waals surface area (Å²) >= 11 is 0. The van der Waals surface area contributed by atoms with Gasteiger partial charge in [-0.2, -0.15) is 34.8 Å². The fourth-order valence-electron chi connectivity index (χ4n) is 8.84. The number of carbonyl (C=O) groups is 3. The Bertz CT molecular complexity index is 3730. The number of ketones is 3. The van der Waals surface area contributed by atoms with Crippen molar-refractivity contribution in [2.24, 2.45) is 0 Å². The van der Waals surface area contributed by atoms with Crippen molar-refractivity contribution in [2.75, 3.05) is 0 Å². The van der Waals surface area contributed by atoms with Crippen LogP contribution in [0, 0.1) is 13.8 Å². The first-order chi connectivity index (χ1) is 36.6. The van der Waals surface area contributed by atoms with E-state index in [9.17, 15) is 27.4 Å². The van der Waals surface area contributed by atoms with Gasteiger partial charge >= 0.3 is 12.4 Å². The van der Waals surface area contributed by atoms with Crippen LogP contribution in [-0.2, 0) is 15.5 Å². The molecular weight excluding hydrogens is 1020 g/mol. The van der Waals surface area contributed by atoms with E-state index < -0.39 is 39.0 Å². The van der Waals surface area contributed by atoms with E-state index >= 15 is 26.3 Å². The van der Waals surface area contributed by atoms with E-state index in [2.05, 4.69) is 0 Å². The molecule has 0 atom stereocenters. The molecule has 0 saturated heterocycles. The first-order valence-corrected chi connectivity index (χ1v) is 25.0. The molecule has 0 aromatic heterocycles. The molecule has 8 nitrogen and oxygen atoms in total. The quantitative estimate of drug-likeness (QED) is 0.0612. The summed E-state index contributed by atoms with van der Waals surface area (Å²) in [5, 5.41) is 0. The van der Waals surface area contributed by atoms with Crippen molar-refractivity contribution in [3.05, 3.63) is 268 Å². The van der Waals surface area contributed by atoms with Gasteiger partial charge in [-0.3, -0.25) is 18.9 Å². The van der Waals surface area contributed by atoms with Crippen molar-refractivity contribution in [3.8, 4) is 45.3 Å². The highest BCUT2D eigenvalue weighted by Crippen LogP contribution is 2.56. The van der Waals surface area contributed by atoms with Gasteiger partial charge in [-0.15, -0.1) is 0 Å². The van der Waals surface area contributed by atoms with Crippen molar-refractivity contribution >= 4 is 27.5 Å². The number of ether oxygens (including phenoxy) is 2. The Morgan fingerprint density at radius 1 is 0.390 bits per heavy atom. The lowest BCUT2D eigenvalue weighted by atomic mass is 9.73. The summed E-state index contributed by atoms with van der Waals surface area (Å²) in [5.41, 5.74) is 0.259. The molecule has 0 fully saturated rings. The molecule has 77 heavy (non-hydrogen) atoms. The minimum absolute atomic E-state index is 0.0418. The third-order valence-electron chi connectivity index (χ3n) is 13.0. The zero-order chi connectivity index (χ0) is 54.9. The maximum absolute atomic E-state index is 15.0. The average Bonchev–Trinajstić information content (AvgIpc) is 3.46. The molecule has 15 heteroatoms. The average molecular weight is 1060 g/mol. The van der Waals surface area contributed by atoms with Gasteiger partial charge in [0.05, 0.1) is 4.90 Å². The van der Waals surface area contributed by atoms with Crippen LogP contribution in [-0.4, -0.2) is 42.7 Å². The van der Waals surface area contributed by atoms with Crippen molar-refractivity contribution in [3.63, 3.8) is 0 Å². The van der Waals surface area contributed by atoms with Gasteiger partial charge in [0.15, 0.2) is 17.3 Å². The number of carbonyl (C=O) groups excluding carboxylic acids is 3. The van der Waals surface area contributed by atoms with Crippen LogP contribution in [0.5, 0.6) is 23.0 Å². The molecule has 0 heterocycles. The number of alkyl halides is 6. The number of hydrogen-bond donors (Lipinski definition) is 1. The summed E-state index contributed by atoms with van der Waals surface area (Å²) in [6, 6.07) is 50.3. The Kier molecular flexibility index (Phi) is 14.4. The molecule has 386 valence electrons. The monoisotopic (exact) mass is 1060 g/mol. The van der Waals surface area contributed by atoms with E-state index in [1.54, 1.807) is 91.0 Å². The van der Waals surface area contributed by atoms with Gasteiger partial charge in [0, 0.05) is 33.4 Å². The third-order valence-corrected chi connectivity index (χ3v) is 13.9. The van der Waals surface area contributed by atoms with Crippen LogP contribution in [0.25, 0.3) is 22.3 Å². The number of benzene rings is 9. The van der Waals surface area contributed by atoms with E-state index in [0.717, 1.165) is 52.1 Å². The second kappa shape index (κ2) is 21.0. The predicted molar refractivity (Wildman–Crippen MR) is 279 cm³/mol. The molecule has 0 spiro atoms. The summed E-state index contributed by atoms with van der Waals surface area (Å²) in [4.78, 5) is 39.9. The van der Waals surface area contributed by atoms with Crippen molar-refractivity contribution in [1.82, 2.24) is 0 Å². The highest BCUT2D eigenvalue weighted by molar-refractivity contribution is 7.85. The Morgan fingerprint density at radius 2 is 0.688 bits per heavy atom. The Morgan fingerprint density at radius 3 is 1.05 bits per heavy atom. The van der Waals surface area contributed by atoms with E-state index in [1.165, 1.54) is 60.7 Å². The van der Waals surface area contributed by atoms with Crippen LogP contribution in [0.2, 0.25) is 0 Å². The van der Waals surface area contributed by atoms with Crippen molar-refractivity contribution in [1.29, 1.82) is 0 Å². The van der Waals surface area contributed by atoms with Crippen molar-refractivity contribution < 1.29 is 63.2 Å². The lowest BCUT2D eigenvalue weighted by Gasteiger charge is -2.38. The summed E-state index contributed by atoms with van der Waals surface area (Å²) in [6.45, 7) is 3.70. The third kappa shape index (κ3) is 11.1. The minimum atomic E-state index is -5.85. The molecule has 9 aromatic carbocycles. The SMILES string of the molecule is Cc1ccc(C(=O)c2ccc(Oc3ccc(C(c4ccc(Oc5ccc(C(=O)c6ccc(-c7ccc(C)c(C(=O)c8ccc(-c9ccc(S(=O)(=O)O)cc9)cc8)c7)cc6)cc5)cc4)(C(F)(F)F)C(F)(F)F)cc3)cc2)cc1. The number of hydrogen-bond acceptors (Lipinski definition) is 7. The molecule has 0 saturated carbocycles. The van der Waals surface area contributed by atoms with Gasteiger partial charge in [0.25, 0.3) is 10.1 Å². The molecule has 9 aromatic rings. The van der Waals surface area contributed by atoms with Gasteiger partial charge in [-0.1, -0.05) is 127 Å². The fraction of sp³-hybridized carbons (Fsp3) is 0.0806. The van der Waals surface area contributed by atoms with Crippen LogP contribution < -0.4 is 9.47 Å². The summed E-state index contributed by atoms with van der Waals surface area (Å²) in [5.74, 6) is -0.575. The van der Waals surface area contributed by atoms with Gasteiger partial charge < -0.3 is 9.47 Å². The number of aryl methyl sites for hydroxylation is 2. The normalized spacial score (nSPS) is 12.0. The molecule has 0 aliphatic carbocycles. The molecule has 9 rings (SSSR count). The molecule has 1 N–H and O–H groups in total. The second-order valence-electron chi connectivity index (χ2n) is 18.1. The zero-order valence-corrected chi connectivity index (χ0v) is 41.5. The maximum atomic E-state index is 15.0. The van der Waals surface area contributed by atoms with Crippen LogP contribution in [0.1, 0.15) is 70.0 Å². The molecular formula is C62H42F6O8S. The van der Waals surface area contributed by atoms with Crippen LogP contribution >= 0.6 is 0 Å². The predicted octanol–water partition coefficient (Wildman–Crippen LogP) is 15.6. The minimum Gasteiger partial charge on any atom is -0.457 e. The second-order valence-corrected chi connectivity index (χ2v) is 19.5. The van der Waals surface area contributed by atoms with Gasteiger partial charge in [-0.05, 0) is 144 Å². The maximum Gasteiger partial charge on any atom is 0.411 e. The van der Waals surface area contributed by atoms with Gasteiger partial charge in [0.2, 0.25) is 5.41 Å². The molecule has 0 amide bonds. The van der Waals surface area contributed by atoms with Gasteiger partial charge in [0.1, 0.15) is 23.0 Å². The van der Waals surface area contributed by atoms with Crippen LogP contribution in [0.15, 0.2) is 217 Å². The van der Waals surface area contributed by atoms with E-state index in [4.69, 9.17) is 9.47 Å². The molecule has 0 aliphatic heterocycles. The molecule has 0 unspecified atom stereocenters. The Labute approximate surface area is 438 Å². The standard InChI is InChI=1S/C62H42F6O8S/c1-38-3-6-43(7-4-38)57(69)45-17-27-51(28-18-45)75-53-31-23-49(24-32-53)60(61(63,64)65,62(66,67)68)50-25-33-54(34-26-50)76-52-29-19-46(20-30-52)58(70)44-13-11-42(12-14-44)48-8-5-39(2)56(37-48)59(71)47-15-9-40(10-16-47)41-21-35-55(36-22-41)77(72,73)74/h3-37H,1-2H3,(H,72,73,74). The van der Waals surface area contributed by atoms with E-state index in [1.807, 2.05) is 26.0 Å². The topological polar surface area (TPSA) is 124 Å². The Balaban J connectivity index is 0.849. The smallest absolute Gasteiger partial charge is 0.411 e. The first kappa shape index (κ1) is 52.9. The van der Waals surface area contributed by atoms with E-state index in [0.29, 0.717) is 57.6 Å². The number of rotatable bonds is 15. The largest absolute Gasteiger partial charge is 0.457 e. The van der Waals surface area contributed by atoms with E-state index in [-0.39, 0.29) is 50.8 Å². The highest BCUT2D eigenvalue weighted by atomic mass is 32.2.